The van der Waals surface area contributed by atoms with Gasteiger partial charge in [-0.2, -0.15) is 0 Å². The number of carboxylic acid groups (broad SMARTS) is 1. The fourth-order valence-electron chi connectivity index (χ4n) is 4.10. The van der Waals surface area contributed by atoms with Crippen molar-refractivity contribution in [3.05, 3.63) is 41.2 Å². The summed E-state index contributed by atoms with van der Waals surface area (Å²) in [5.41, 5.74) is 7.46. The molecule has 0 radical (unpaired) electrons. The molecule has 0 bridgehead atoms. The number of carbonyl (C=O) groups is 3. The van der Waals surface area contributed by atoms with E-state index >= 15 is 0 Å². The van der Waals surface area contributed by atoms with Crippen LogP contribution < -0.4 is 10.5 Å². The van der Waals surface area contributed by atoms with E-state index in [4.69, 9.17) is 15.6 Å². The Hall–Kier alpha value is -2.83. The molecule has 7 heteroatoms. The summed E-state index contributed by atoms with van der Waals surface area (Å²) in [6.07, 6.45) is 9.35. The second-order valence-corrected chi connectivity index (χ2v) is 7.94. The van der Waals surface area contributed by atoms with E-state index in [2.05, 4.69) is 0 Å². The summed E-state index contributed by atoms with van der Waals surface area (Å²) in [5, 5.41) is 8.93. The van der Waals surface area contributed by atoms with Crippen LogP contribution in [0.25, 0.3) is 0 Å². The Bertz CT molecular complexity index is 862. The van der Waals surface area contributed by atoms with Crippen LogP contribution >= 0.6 is 0 Å². The normalized spacial score (nSPS) is 16.3. The van der Waals surface area contributed by atoms with Crippen molar-refractivity contribution in [2.45, 2.75) is 50.9 Å². The molecule has 2 aliphatic carbocycles. The van der Waals surface area contributed by atoms with Gasteiger partial charge in [0.25, 0.3) is 5.91 Å². The maximum absolute atomic E-state index is 12.8. The predicted octanol–water partition coefficient (Wildman–Crippen LogP) is 2.89. The number of aromatic nitrogens is 1. The molecule has 1 aromatic rings. The Balaban J connectivity index is 2.21. The van der Waals surface area contributed by atoms with E-state index in [0.29, 0.717) is 5.92 Å². The minimum Gasteiger partial charge on any atom is -0.482 e. The summed E-state index contributed by atoms with van der Waals surface area (Å²) in [5.74, 6) is -1.96. The maximum Gasteiger partial charge on any atom is 0.341 e. The monoisotopic (exact) mass is 400 g/mol. The quantitative estimate of drug-likeness (QED) is 0.515. The van der Waals surface area contributed by atoms with Crippen LogP contribution in [-0.4, -0.2) is 33.9 Å². The summed E-state index contributed by atoms with van der Waals surface area (Å²) >= 11 is 0. The van der Waals surface area contributed by atoms with E-state index in [-0.39, 0.29) is 17.2 Å². The van der Waals surface area contributed by atoms with Crippen LogP contribution in [0.15, 0.2) is 24.4 Å². The fourth-order valence-corrected chi connectivity index (χ4v) is 4.10. The average Bonchev–Trinajstić information content (AvgIpc) is 3.36. The van der Waals surface area contributed by atoms with Crippen LogP contribution in [0, 0.1) is 5.92 Å². The van der Waals surface area contributed by atoms with Gasteiger partial charge < -0.3 is 20.1 Å². The largest absolute Gasteiger partial charge is 0.482 e. The third kappa shape index (κ3) is 5.37. The lowest BCUT2D eigenvalue weighted by Crippen LogP contribution is -2.25. The van der Waals surface area contributed by atoms with Crippen LogP contribution in [0.4, 0.5) is 0 Å². The van der Waals surface area contributed by atoms with Crippen LogP contribution in [0.3, 0.4) is 0 Å². The first-order valence-corrected chi connectivity index (χ1v) is 10.1. The van der Waals surface area contributed by atoms with Crippen LogP contribution in [-0.2, 0) is 23.1 Å². The van der Waals surface area contributed by atoms with Gasteiger partial charge in [-0.25, -0.2) is 4.79 Å². The van der Waals surface area contributed by atoms with E-state index in [1.165, 1.54) is 18.9 Å². The summed E-state index contributed by atoms with van der Waals surface area (Å²) in [4.78, 5) is 35.5. The van der Waals surface area contributed by atoms with Gasteiger partial charge in [-0.3, -0.25) is 9.59 Å². The average molecular weight is 400 g/mol. The minimum absolute atomic E-state index is 0.190. The molecule has 7 nitrogen and oxygen atoms in total. The van der Waals surface area contributed by atoms with Crippen LogP contribution in [0.5, 0.6) is 5.75 Å². The highest BCUT2D eigenvalue weighted by atomic mass is 16.5. The van der Waals surface area contributed by atoms with Crippen molar-refractivity contribution in [1.29, 1.82) is 0 Å². The van der Waals surface area contributed by atoms with Crippen molar-refractivity contribution < 1.29 is 24.2 Å². The summed E-state index contributed by atoms with van der Waals surface area (Å²) in [6, 6.07) is 4.82. The van der Waals surface area contributed by atoms with Gasteiger partial charge in [0.05, 0.1) is 0 Å². The molecule has 1 aromatic heterocycles. The first-order valence-electron chi connectivity index (χ1n) is 10.1. The van der Waals surface area contributed by atoms with Gasteiger partial charge in [0.15, 0.2) is 6.61 Å². The first-order chi connectivity index (χ1) is 13.9. The van der Waals surface area contributed by atoms with E-state index in [1.807, 2.05) is 17.8 Å². The molecule has 156 valence electrons. The lowest BCUT2D eigenvalue weighted by atomic mass is 9.92. The first kappa shape index (κ1) is 20.9. The van der Waals surface area contributed by atoms with Gasteiger partial charge in [-0.1, -0.05) is 25.7 Å². The highest BCUT2D eigenvalue weighted by Gasteiger charge is 2.33. The molecule has 2 fully saturated rings. The zero-order valence-electron chi connectivity index (χ0n) is 16.7. The topological polar surface area (TPSA) is 112 Å². The summed E-state index contributed by atoms with van der Waals surface area (Å²) < 4.78 is 7.34. The fraction of sp³-hybridized carbons (Fsp3) is 0.500. The third-order valence-corrected chi connectivity index (χ3v) is 5.66. The number of hydrogen-bond acceptors (Lipinski definition) is 4. The summed E-state index contributed by atoms with van der Waals surface area (Å²) in [6.45, 7) is -0.540. The van der Waals surface area contributed by atoms with E-state index in [1.54, 1.807) is 12.1 Å². The molecule has 3 rings (SSSR count). The van der Waals surface area contributed by atoms with Gasteiger partial charge >= 0.3 is 5.97 Å². The molecule has 0 spiro atoms. The molecule has 0 unspecified atom stereocenters. The smallest absolute Gasteiger partial charge is 0.341 e. The van der Waals surface area contributed by atoms with Crippen molar-refractivity contribution >= 4 is 17.7 Å². The Morgan fingerprint density at radius 1 is 1.21 bits per heavy atom. The van der Waals surface area contributed by atoms with Gasteiger partial charge in [-0.15, -0.1) is 0 Å². The molecule has 0 aliphatic heterocycles. The molecule has 1 heterocycles. The van der Waals surface area contributed by atoms with Crippen LogP contribution in [0.2, 0.25) is 0 Å². The number of Topliss-reactive ketones (excluding diaryl/α,β-unsaturated/α-hetero) is 1. The Kier molecular flexibility index (Phi) is 6.56. The second kappa shape index (κ2) is 9.11. The lowest BCUT2D eigenvalue weighted by Gasteiger charge is -2.18. The standard InChI is InChI=1S/C22H28N2O5/c1-24-10-4-7-16(29-13-19(25)26)12-17(21(27)22(23)28)20(15-8-9-15)18(24)11-14-5-2-3-6-14/h4,7,10,12,14-15H,2-3,5-6,8-9,11,13H2,1H3,(H2,23,28)(H,25,26). The number of primary amides is 1. The van der Waals surface area contributed by atoms with Crippen molar-refractivity contribution in [2.24, 2.45) is 18.7 Å². The predicted molar refractivity (Wildman–Crippen MR) is 107 cm³/mol. The minimum atomic E-state index is -1.12. The molecule has 1 amide bonds. The zero-order chi connectivity index (χ0) is 21.0. The van der Waals surface area contributed by atoms with Gasteiger partial charge in [0, 0.05) is 24.5 Å². The summed E-state index contributed by atoms with van der Waals surface area (Å²) in [7, 11) is 1.94. The number of aryl methyl sites for hydroxylation is 1. The highest BCUT2D eigenvalue weighted by Crippen LogP contribution is 2.44. The molecule has 2 saturated carbocycles. The molecule has 29 heavy (non-hydrogen) atoms. The Labute approximate surface area is 170 Å². The number of nitrogens with two attached hydrogens (primary N) is 1. The lowest BCUT2D eigenvalue weighted by molar-refractivity contribution is -0.139. The maximum atomic E-state index is 12.8. The Morgan fingerprint density at radius 3 is 2.48 bits per heavy atom. The van der Waals surface area contributed by atoms with E-state index in [0.717, 1.165) is 43.4 Å². The highest BCUT2D eigenvalue weighted by molar-refractivity contribution is 6.42. The molecular formula is C22H28N2O5. The molecular weight excluding hydrogens is 372 g/mol. The van der Waals surface area contributed by atoms with Crippen molar-refractivity contribution in [3.63, 3.8) is 0 Å². The van der Waals surface area contributed by atoms with Crippen molar-refractivity contribution in [2.75, 3.05) is 6.61 Å². The van der Waals surface area contributed by atoms with Gasteiger partial charge in [0.1, 0.15) is 5.75 Å². The van der Waals surface area contributed by atoms with Gasteiger partial charge in [0.2, 0.25) is 5.78 Å². The van der Waals surface area contributed by atoms with Crippen molar-refractivity contribution in [3.8, 4) is 5.75 Å². The number of nitrogens with zero attached hydrogens (tertiary/aromatic N) is 1. The number of hydrogen-bond donors (Lipinski definition) is 2. The molecule has 0 aromatic carbocycles. The number of aliphatic carboxylic acids is 1. The molecule has 0 atom stereocenters. The van der Waals surface area contributed by atoms with Crippen LogP contribution in [0.1, 0.15) is 66.1 Å². The second-order valence-electron chi connectivity index (χ2n) is 7.94. The molecule has 3 N–H and O–H groups in total. The van der Waals surface area contributed by atoms with Gasteiger partial charge in [-0.05, 0) is 54.9 Å². The van der Waals surface area contributed by atoms with E-state index < -0.39 is 24.3 Å². The number of ether oxygens (including phenoxy) is 1. The molecule has 2 aliphatic rings. The third-order valence-electron chi connectivity index (χ3n) is 5.66. The number of carbonyl (C=O) groups excluding carboxylic acids is 2. The number of carboxylic acids is 1. The van der Waals surface area contributed by atoms with Crippen molar-refractivity contribution in [1.82, 2.24) is 4.57 Å². The number of ketones is 1. The number of rotatable bonds is 8. The number of amides is 1. The Morgan fingerprint density at radius 2 is 1.90 bits per heavy atom. The zero-order valence-corrected chi connectivity index (χ0v) is 16.7. The van der Waals surface area contributed by atoms with E-state index in [9.17, 15) is 14.4 Å². The SMILES string of the molecule is Cn1cccc(OCC(=O)O)cc(C(=O)C(N)=O)c(C2CC2)c1CC1CCCC1. The molecule has 0 saturated heterocycles.